The lowest BCUT2D eigenvalue weighted by Gasteiger charge is -2.37. The van der Waals surface area contributed by atoms with Gasteiger partial charge in [-0.3, -0.25) is 9.78 Å². The van der Waals surface area contributed by atoms with Crippen LogP contribution in [0.4, 0.5) is 5.69 Å². The quantitative estimate of drug-likeness (QED) is 0.226. The Labute approximate surface area is 234 Å². The highest BCUT2D eigenvalue weighted by Gasteiger charge is 2.39. The molecule has 0 spiro atoms. The predicted octanol–water partition coefficient (Wildman–Crippen LogP) is 8.63. The summed E-state index contributed by atoms with van der Waals surface area (Å²) < 4.78 is 5.89. The summed E-state index contributed by atoms with van der Waals surface area (Å²) in [5.41, 5.74) is 7.23. The third-order valence-electron chi connectivity index (χ3n) is 8.36. The molecule has 1 aliphatic heterocycles. The molecule has 0 saturated carbocycles. The van der Waals surface area contributed by atoms with Gasteiger partial charge in [0.25, 0.3) is 0 Å². The molecule has 1 aromatic heterocycles. The van der Waals surface area contributed by atoms with Gasteiger partial charge >= 0.3 is 0 Å². The van der Waals surface area contributed by atoms with Crippen molar-refractivity contribution in [2.24, 2.45) is 0 Å². The van der Waals surface area contributed by atoms with Gasteiger partial charge in [0, 0.05) is 28.6 Å². The molecule has 2 heterocycles. The molecule has 4 heteroatoms. The van der Waals surface area contributed by atoms with Gasteiger partial charge in [0.05, 0.1) is 23.9 Å². The van der Waals surface area contributed by atoms with Gasteiger partial charge in [-0.2, -0.15) is 0 Å². The van der Waals surface area contributed by atoms with Crippen LogP contribution in [-0.2, 0) is 4.79 Å². The van der Waals surface area contributed by atoms with Crippen LogP contribution in [0.2, 0.25) is 0 Å². The van der Waals surface area contributed by atoms with Gasteiger partial charge in [0.1, 0.15) is 5.75 Å². The van der Waals surface area contributed by atoms with Crippen LogP contribution in [0, 0.1) is 0 Å². The number of rotatable bonds is 6. The Kier molecular flexibility index (Phi) is 6.31. The molecule has 198 valence electrons. The zero-order valence-corrected chi connectivity index (χ0v) is 22.7. The van der Waals surface area contributed by atoms with E-state index in [0.717, 1.165) is 70.6 Å². The number of nitrogens with one attached hydrogen (secondary N) is 1. The number of hydrogen-bond donors (Lipinski definition) is 1. The molecular weight excluding hydrogens is 492 g/mol. The van der Waals surface area contributed by atoms with Gasteiger partial charge in [0.2, 0.25) is 0 Å². The number of carbonyl (C=O) groups is 1. The van der Waals surface area contributed by atoms with E-state index in [4.69, 9.17) is 9.72 Å². The molecule has 0 fully saturated rings. The van der Waals surface area contributed by atoms with E-state index in [2.05, 4.69) is 79.0 Å². The van der Waals surface area contributed by atoms with Crippen LogP contribution >= 0.6 is 0 Å². The van der Waals surface area contributed by atoms with Gasteiger partial charge in [-0.05, 0) is 71.0 Å². The second-order valence-corrected chi connectivity index (χ2v) is 10.9. The molecule has 0 amide bonds. The lowest BCUT2D eigenvalue weighted by molar-refractivity contribution is -0.116. The standard InChI is InChI=1S/C36H32N2O2/c1-2-3-20-40-27-16-12-23(13-17-27)26-21-29-34-28-10-6-4-8-24(28)14-18-31(34)38-36(35(29)33(39)22-26)32-19-15-25-9-5-7-11-30(25)37-32/h4-19,26,36,38H,2-3,20-22H2,1H3/t26-,36-/m0/s1. The smallest absolute Gasteiger partial charge is 0.162 e. The predicted molar refractivity (Wildman–Crippen MR) is 163 cm³/mol. The van der Waals surface area contributed by atoms with Crippen molar-refractivity contribution in [2.45, 2.75) is 44.6 Å². The molecule has 1 aliphatic carbocycles. The van der Waals surface area contributed by atoms with Crippen molar-refractivity contribution in [2.75, 3.05) is 11.9 Å². The number of benzene rings is 4. The Morgan fingerprint density at radius 2 is 1.62 bits per heavy atom. The molecule has 1 N–H and O–H groups in total. The summed E-state index contributed by atoms with van der Waals surface area (Å²) in [6.45, 7) is 2.90. The first-order valence-electron chi connectivity index (χ1n) is 14.3. The molecule has 7 rings (SSSR count). The Morgan fingerprint density at radius 3 is 2.48 bits per heavy atom. The molecule has 4 aromatic carbocycles. The van der Waals surface area contributed by atoms with Crippen molar-refractivity contribution < 1.29 is 9.53 Å². The van der Waals surface area contributed by atoms with Gasteiger partial charge in [0.15, 0.2) is 5.78 Å². The summed E-state index contributed by atoms with van der Waals surface area (Å²) in [7, 11) is 0. The molecular formula is C36H32N2O2. The number of fused-ring (bicyclic) bond motifs is 5. The van der Waals surface area contributed by atoms with Crippen LogP contribution in [0.5, 0.6) is 5.75 Å². The fourth-order valence-corrected chi connectivity index (χ4v) is 6.32. The van der Waals surface area contributed by atoms with Crippen molar-refractivity contribution >= 4 is 38.7 Å². The number of ether oxygens (including phenoxy) is 1. The van der Waals surface area contributed by atoms with Crippen LogP contribution in [-0.4, -0.2) is 17.4 Å². The average Bonchev–Trinajstić information content (AvgIpc) is 3.00. The second-order valence-electron chi connectivity index (χ2n) is 10.9. The van der Waals surface area contributed by atoms with Gasteiger partial charge in [-0.25, -0.2) is 0 Å². The minimum atomic E-state index is -0.281. The first-order chi connectivity index (χ1) is 19.7. The average molecular weight is 525 g/mol. The highest BCUT2D eigenvalue weighted by atomic mass is 16.5. The van der Waals surface area contributed by atoms with Crippen molar-refractivity contribution in [3.8, 4) is 5.75 Å². The lowest BCUT2D eigenvalue weighted by Crippen LogP contribution is -2.30. The highest BCUT2D eigenvalue weighted by Crippen LogP contribution is 2.50. The molecule has 2 aliphatic rings. The first-order valence-corrected chi connectivity index (χ1v) is 14.3. The highest BCUT2D eigenvalue weighted by molar-refractivity contribution is 6.13. The van der Waals surface area contributed by atoms with E-state index < -0.39 is 0 Å². The maximum Gasteiger partial charge on any atom is 0.162 e. The summed E-state index contributed by atoms with van der Waals surface area (Å²) in [5.74, 6) is 1.20. The molecule has 0 bridgehead atoms. The molecule has 40 heavy (non-hydrogen) atoms. The number of pyridine rings is 1. The third kappa shape index (κ3) is 4.34. The monoisotopic (exact) mass is 524 g/mol. The van der Waals surface area contributed by atoms with E-state index in [1.807, 2.05) is 30.3 Å². The summed E-state index contributed by atoms with van der Waals surface area (Å²) in [6, 6.07) is 33.2. The van der Waals surface area contributed by atoms with Crippen molar-refractivity contribution in [3.05, 3.63) is 119 Å². The van der Waals surface area contributed by atoms with E-state index in [9.17, 15) is 4.79 Å². The number of para-hydroxylation sites is 1. The summed E-state index contributed by atoms with van der Waals surface area (Å²) in [4.78, 5) is 19.1. The van der Waals surface area contributed by atoms with E-state index in [1.54, 1.807) is 0 Å². The molecule has 4 nitrogen and oxygen atoms in total. The normalized spacial score (nSPS) is 18.4. The number of nitrogens with zero attached hydrogens (tertiary/aromatic N) is 1. The van der Waals surface area contributed by atoms with Crippen LogP contribution in [0.25, 0.3) is 27.2 Å². The first kappa shape index (κ1) is 24.6. The SMILES string of the molecule is CCCCOc1ccc([C@@H]2CC(=O)C3=C(C2)c2c(ccc4ccccc24)N[C@H]3c2ccc3ccccc3n2)cc1. The van der Waals surface area contributed by atoms with Crippen LogP contribution < -0.4 is 10.1 Å². The second kappa shape index (κ2) is 10.3. The minimum Gasteiger partial charge on any atom is -0.494 e. The van der Waals surface area contributed by atoms with E-state index in [-0.39, 0.29) is 17.7 Å². The molecule has 0 radical (unpaired) electrons. The van der Waals surface area contributed by atoms with Gasteiger partial charge < -0.3 is 10.1 Å². The number of Topliss-reactive ketones (excluding diaryl/α,β-unsaturated/α-hetero) is 1. The summed E-state index contributed by atoms with van der Waals surface area (Å²) in [6.07, 6.45) is 3.45. The van der Waals surface area contributed by atoms with Crippen molar-refractivity contribution in [3.63, 3.8) is 0 Å². The molecule has 2 atom stereocenters. The topological polar surface area (TPSA) is 51.2 Å². The van der Waals surface area contributed by atoms with E-state index in [0.29, 0.717) is 6.42 Å². The molecule has 5 aromatic rings. The Hall–Kier alpha value is -4.44. The Morgan fingerprint density at radius 1 is 0.850 bits per heavy atom. The number of aromatic nitrogens is 1. The summed E-state index contributed by atoms with van der Waals surface area (Å²) in [5, 5.41) is 7.19. The number of carbonyl (C=O) groups excluding carboxylic acids is 1. The fraction of sp³-hybridized carbons (Fsp3) is 0.222. The maximum atomic E-state index is 14.1. The third-order valence-corrected chi connectivity index (χ3v) is 8.36. The lowest BCUT2D eigenvalue weighted by atomic mass is 9.72. The zero-order chi connectivity index (χ0) is 27.1. The largest absolute Gasteiger partial charge is 0.494 e. The fourth-order valence-electron chi connectivity index (χ4n) is 6.32. The number of hydrogen-bond acceptors (Lipinski definition) is 4. The minimum absolute atomic E-state index is 0.117. The van der Waals surface area contributed by atoms with E-state index in [1.165, 1.54) is 16.3 Å². The van der Waals surface area contributed by atoms with Crippen LogP contribution in [0.3, 0.4) is 0 Å². The van der Waals surface area contributed by atoms with Gasteiger partial charge in [-0.15, -0.1) is 0 Å². The van der Waals surface area contributed by atoms with Crippen LogP contribution in [0.1, 0.15) is 61.4 Å². The van der Waals surface area contributed by atoms with Crippen molar-refractivity contribution in [1.29, 1.82) is 0 Å². The van der Waals surface area contributed by atoms with Crippen molar-refractivity contribution in [1.82, 2.24) is 4.98 Å². The molecule has 0 unspecified atom stereocenters. The van der Waals surface area contributed by atoms with Gasteiger partial charge in [-0.1, -0.05) is 80.1 Å². The number of allylic oxidation sites excluding steroid dienone is 1. The zero-order valence-electron chi connectivity index (χ0n) is 22.7. The maximum absolute atomic E-state index is 14.1. The Balaban J connectivity index is 1.33. The summed E-state index contributed by atoms with van der Waals surface area (Å²) >= 11 is 0. The molecule has 0 saturated heterocycles. The van der Waals surface area contributed by atoms with Crippen LogP contribution in [0.15, 0.2) is 103 Å². The number of anilines is 1. The number of ketones is 1. The Bertz CT molecular complexity index is 1770. The number of unbranched alkanes of at least 4 members (excludes halogenated alkanes) is 1. The van der Waals surface area contributed by atoms with E-state index >= 15 is 0 Å².